The fourth-order valence-corrected chi connectivity index (χ4v) is 6.42. The minimum absolute atomic E-state index is 0.0277. The van der Waals surface area contributed by atoms with Crippen LogP contribution in [0.1, 0.15) is 12.8 Å². The predicted molar refractivity (Wildman–Crippen MR) is 112 cm³/mol. The molecule has 2 amide bonds. The number of benzene rings is 1. The fraction of sp³-hybridized carbons (Fsp3) is 0.368. The van der Waals surface area contributed by atoms with E-state index in [-0.39, 0.29) is 22.6 Å². The Balaban J connectivity index is 1.46. The largest absolute Gasteiger partial charge is 0.334 e. The van der Waals surface area contributed by atoms with E-state index >= 15 is 0 Å². The van der Waals surface area contributed by atoms with Gasteiger partial charge in [0.05, 0.1) is 6.54 Å². The number of rotatable bonds is 5. The maximum Gasteiger partial charge on any atom is 0.250 e. The monoisotopic (exact) mass is 453 g/mol. The van der Waals surface area contributed by atoms with Gasteiger partial charge in [0.2, 0.25) is 11.8 Å². The smallest absolute Gasteiger partial charge is 0.250 e. The van der Waals surface area contributed by atoms with Gasteiger partial charge >= 0.3 is 0 Å². The van der Waals surface area contributed by atoms with E-state index in [2.05, 4.69) is 4.72 Å². The summed E-state index contributed by atoms with van der Waals surface area (Å²) in [4.78, 5) is 28.2. The number of carbonyl (C=O) groups is 2. The van der Waals surface area contributed by atoms with E-state index in [9.17, 15) is 18.0 Å². The number of nitrogens with one attached hydrogen (secondary N) is 1. The number of nitrogens with zero attached hydrogens (tertiary/aromatic N) is 2. The molecule has 10 heteroatoms. The third-order valence-corrected chi connectivity index (χ3v) is 8.33. The highest BCUT2D eigenvalue weighted by Crippen LogP contribution is 2.31. The maximum atomic E-state index is 12.9. The molecule has 0 radical (unpaired) electrons. The molecule has 1 atom stereocenters. The summed E-state index contributed by atoms with van der Waals surface area (Å²) in [5.74, 6) is -0.488. The molecule has 1 aromatic carbocycles. The number of sulfonamides is 1. The Morgan fingerprint density at radius 1 is 1.24 bits per heavy atom. The SMILES string of the molecule is O=C(CN1CCCC(NS(=O)(=O)c2cc3ccc(Cl)cc3s2)C1=O)N1CC=CC1. The Kier molecular flexibility index (Phi) is 5.65. The standard InChI is InChI=1S/C19H20ClN3O4S2/c20-14-6-5-13-10-18(28-16(13)11-14)29(26,27)21-15-4-3-9-23(19(15)25)12-17(24)22-7-1-2-8-22/h1-2,5-6,10-11,15,21H,3-4,7-9,12H2. The first-order chi connectivity index (χ1) is 13.8. The van der Waals surface area contributed by atoms with E-state index < -0.39 is 16.1 Å². The third kappa shape index (κ3) is 4.32. The van der Waals surface area contributed by atoms with E-state index in [1.807, 2.05) is 12.2 Å². The lowest BCUT2D eigenvalue weighted by molar-refractivity contribution is -0.142. The molecule has 3 heterocycles. The summed E-state index contributed by atoms with van der Waals surface area (Å²) in [6.45, 7) is 1.52. The summed E-state index contributed by atoms with van der Waals surface area (Å²) >= 11 is 7.09. The number of hydrogen-bond donors (Lipinski definition) is 1. The molecule has 1 aromatic heterocycles. The van der Waals surface area contributed by atoms with E-state index in [0.29, 0.717) is 37.5 Å². The lowest BCUT2D eigenvalue weighted by atomic mass is 10.1. The van der Waals surface area contributed by atoms with Crippen molar-refractivity contribution in [3.8, 4) is 0 Å². The van der Waals surface area contributed by atoms with E-state index in [4.69, 9.17) is 11.6 Å². The molecule has 7 nitrogen and oxygen atoms in total. The van der Waals surface area contributed by atoms with Crippen LogP contribution in [0.5, 0.6) is 0 Å². The molecule has 1 fully saturated rings. The van der Waals surface area contributed by atoms with Gasteiger partial charge in [-0.25, -0.2) is 8.42 Å². The molecule has 0 spiro atoms. The van der Waals surface area contributed by atoms with Crippen LogP contribution in [0.3, 0.4) is 0 Å². The zero-order valence-corrected chi connectivity index (χ0v) is 17.9. The molecule has 1 N–H and O–H groups in total. The van der Waals surface area contributed by atoms with E-state index in [1.54, 1.807) is 29.2 Å². The Bertz CT molecular complexity index is 1090. The van der Waals surface area contributed by atoms with Crippen LogP contribution in [-0.2, 0) is 19.6 Å². The highest BCUT2D eigenvalue weighted by molar-refractivity contribution is 7.91. The zero-order valence-electron chi connectivity index (χ0n) is 15.5. The third-order valence-electron chi connectivity index (χ3n) is 5.05. The Morgan fingerprint density at radius 3 is 2.76 bits per heavy atom. The van der Waals surface area contributed by atoms with Gasteiger partial charge in [-0.2, -0.15) is 4.72 Å². The van der Waals surface area contributed by atoms with Crippen molar-refractivity contribution in [2.75, 3.05) is 26.2 Å². The number of likely N-dealkylation sites (tertiary alicyclic amines) is 1. The average molecular weight is 454 g/mol. The highest BCUT2D eigenvalue weighted by atomic mass is 35.5. The molecule has 0 aliphatic carbocycles. The number of amides is 2. The molecule has 0 bridgehead atoms. The highest BCUT2D eigenvalue weighted by Gasteiger charge is 2.34. The van der Waals surface area contributed by atoms with Crippen molar-refractivity contribution in [2.24, 2.45) is 0 Å². The number of halogens is 1. The van der Waals surface area contributed by atoms with Gasteiger partial charge in [0, 0.05) is 29.4 Å². The van der Waals surface area contributed by atoms with Crippen LogP contribution >= 0.6 is 22.9 Å². The molecule has 1 unspecified atom stereocenters. The second kappa shape index (κ2) is 8.06. The first-order valence-corrected chi connectivity index (χ1v) is 11.9. The Morgan fingerprint density at radius 2 is 2.00 bits per heavy atom. The van der Waals surface area contributed by atoms with Gasteiger partial charge in [0.15, 0.2) is 0 Å². The molecule has 154 valence electrons. The average Bonchev–Trinajstić information content (AvgIpc) is 3.34. The minimum Gasteiger partial charge on any atom is -0.334 e. The second-order valence-corrected chi connectivity index (χ2v) is 10.6. The van der Waals surface area contributed by atoms with E-state index in [0.717, 1.165) is 21.4 Å². The normalized spacial score (nSPS) is 20.0. The minimum atomic E-state index is -3.86. The van der Waals surface area contributed by atoms with Gasteiger partial charge in [0.1, 0.15) is 10.3 Å². The number of hydrogen-bond acceptors (Lipinski definition) is 5. The van der Waals surface area contributed by atoms with Crippen LogP contribution in [0.2, 0.25) is 5.02 Å². The molecule has 4 rings (SSSR count). The first kappa shape index (κ1) is 20.3. The maximum absolute atomic E-state index is 12.9. The van der Waals surface area contributed by atoms with Gasteiger partial charge in [0.25, 0.3) is 10.0 Å². The molecule has 0 saturated carbocycles. The van der Waals surface area contributed by atoms with Crippen molar-refractivity contribution in [3.63, 3.8) is 0 Å². The lowest BCUT2D eigenvalue weighted by Crippen LogP contribution is -2.54. The van der Waals surface area contributed by atoms with Crippen LogP contribution < -0.4 is 4.72 Å². The van der Waals surface area contributed by atoms with Crippen molar-refractivity contribution in [2.45, 2.75) is 23.1 Å². The summed E-state index contributed by atoms with van der Waals surface area (Å²) in [5, 5.41) is 1.31. The summed E-state index contributed by atoms with van der Waals surface area (Å²) in [6, 6.07) is 5.89. The van der Waals surface area contributed by atoms with Crippen molar-refractivity contribution in [1.29, 1.82) is 0 Å². The molecule has 1 saturated heterocycles. The topological polar surface area (TPSA) is 86.8 Å². The molecule has 2 aromatic rings. The first-order valence-electron chi connectivity index (χ1n) is 9.26. The molecular formula is C19H20ClN3O4S2. The Hall–Kier alpha value is -1.94. The number of piperidine rings is 1. The number of carbonyl (C=O) groups excluding carboxylic acids is 2. The molecule has 2 aliphatic rings. The molecule has 2 aliphatic heterocycles. The van der Waals surface area contributed by atoms with Crippen LogP contribution in [0, 0.1) is 0 Å². The molecule has 29 heavy (non-hydrogen) atoms. The van der Waals surface area contributed by atoms with Crippen molar-refractivity contribution >= 4 is 54.9 Å². The zero-order chi connectivity index (χ0) is 20.6. The van der Waals surface area contributed by atoms with Crippen LogP contribution in [0.4, 0.5) is 0 Å². The van der Waals surface area contributed by atoms with Crippen molar-refractivity contribution in [1.82, 2.24) is 14.5 Å². The summed E-state index contributed by atoms with van der Waals surface area (Å²) in [5.41, 5.74) is 0. The quantitative estimate of drug-likeness (QED) is 0.703. The van der Waals surface area contributed by atoms with Crippen molar-refractivity contribution < 1.29 is 18.0 Å². The van der Waals surface area contributed by atoms with Gasteiger partial charge in [-0.05, 0) is 36.4 Å². The second-order valence-electron chi connectivity index (χ2n) is 7.09. The van der Waals surface area contributed by atoms with Gasteiger partial charge in [-0.15, -0.1) is 11.3 Å². The fourth-order valence-electron chi connectivity index (χ4n) is 3.51. The van der Waals surface area contributed by atoms with Crippen molar-refractivity contribution in [3.05, 3.63) is 41.4 Å². The summed E-state index contributed by atoms with van der Waals surface area (Å²) in [6.07, 6.45) is 4.85. The van der Waals surface area contributed by atoms with Gasteiger partial charge < -0.3 is 9.80 Å². The van der Waals surface area contributed by atoms with Crippen LogP contribution in [0.25, 0.3) is 10.1 Å². The summed E-state index contributed by atoms with van der Waals surface area (Å²) in [7, 11) is -3.86. The van der Waals surface area contributed by atoms with Gasteiger partial charge in [-0.1, -0.05) is 29.8 Å². The summed E-state index contributed by atoms with van der Waals surface area (Å²) < 4.78 is 29.1. The lowest BCUT2D eigenvalue weighted by Gasteiger charge is -2.32. The van der Waals surface area contributed by atoms with Gasteiger partial charge in [-0.3, -0.25) is 9.59 Å². The van der Waals surface area contributed by atoms with E-state index in [1.165, 1.54) is 4.90 Å². The molecular weight excluding hydrogens is 434 g/mol. The Labute approximate surface area is 178 Å². The number of thiophene rings is 1. The number of fused-ring (bicyclic) bond motifs is 1. The van der Waals surface area contributed by atoms with Crippen LogP contribution in [0.15, 0.2) is 40.6 Å². The van der Waals surface area contributed by atoms with Crippen LogP contribution in [-0.4, -0.2) is 62.3 Å². The predicted octanol–water partition coefficient (Wildman–Crippen LogP) is 2.22.